The van der Waals surface area contributed by atoms with Gasteiger partial charge in [0, 0.05) is 5.56 Å². The zero-order valence-electron chi connectivity index (χ0n) is 7.21. The van der Waals surface area contributed by atoms with Gasteiger partial charge in [-0.2, -0.15) is 0 Å². The highest BCUT2D eigenvalue weighted by Crippen LogP contribution is 2.18. The first kappa shape index (κ1) is 9.45. The first-order valence-electron chi connectivity index (χ1n) is 3.69. The van der Waals surface area contributed by atoms with Crippen LogP contribution >= 0.6 is 0 Å². The summed E-state index contributed by atoms with van der Waals surface area (Å²) in [5.41, 5.74) is 0.369. The smallest absolute Gasteiger partial charge is 0.185 e. The number of benzene rings is 1. The average molecular weight is 180 g/mol. The van der Waals surface area contributed by atoms with Crippen molar-refractivity contribution in [1.82, 2.24) is 0 Å². The Bertz CT molecular complexity index is 345. The molecule has 0 N–H and O–H groups in total. The van der Waals surface area contributed by atoms with E-state index in [2.05, 4.69) is 6.58 Å². The number of ether oxygens (including phenoxy) is 1. The van der Waals surface area contributed by atoms with Crippen LogP contribution in [0.2, 0.25) is 0 Å². The van der Waals surface area contributed by atoms with Crippen LogP contribution in [0.1, 0.15) is 10.4 Å². The van der Waals surface area contributed by atoms with Gasteiger partial charge in [0.1, 0.15) is 0 Å². The molecule has 0 saturated carbocycles. The van der Waals surface area contributed by atoms with E-state index in [1.807, 2.05) is 0 Å². The van der Waals surface area contributed by atoms with Crippen molar-refractivity contribution in [2.75, 3.05) is 7.11 Å². The molecular formula is C10H9FO2. The third-order valence-electron chi connectivity index (χ3n) is 1.62. The molecule has 1 aromatic rings. The van der Waals surface area contributed by atoms with Gasteiger partial charge in [0.05, 0.1) is 7.11 Å². The molecule has 0 aliphatic rings. The summed E-state index contributed by atoms with van der Waals surface area (Å²) < 4.78 is 17.6. The first-order chi connectivity index (χ1) is 6.19. The van der Waals surface area contributed by atoms with Crippen LogP contribution in [-0.4, -0.2) is 12.9 Å². The SMILES string of the molecule is C=CC(=O)c1ccc(F)c(OC)c1. The van der Waals surface area contributed by atoms with Gasteiger partial charge in [-0.15, -0.1) is 0 Å². The molecule has 2 nitrogen and oxygen atoms in total. The van der Waals surface area contributed by atoms with Crippen molar-refractivity contribution in [2.45, 2.75) is 0 Å². The van der Waals surface area contributed by atoms with E-state index in [1.54, 1.807) is 0 Å². The van der Waals surface area contributed by atoms with Crippen LogP contribution in [0.5, 0.6) is 5.75 Å². The van der Waals surface area contributed by atoms with Crippen molar-refractivity contribution < 1.29 is 13.9 Å². The third kappa shape index (κ3) is 1.93. The number of rotatable bonds is 3. The quantitative estimate of drug-likeness (QED) is 0.526. The minimum absolute atomic E-state index is 0.0627. The lowest BCUT2D eigenvalue weighted by Gasteiger charge is -2.02. The molecule has 0 spiro atoms. The minimum atomic E-state index is -0.483. The van der Waals surface area contributed by atoms with Gasteiger partial charge in [-0.05, 0) is 24.3 Å². The van der Waals surface area contributed by atoms with Gasteiger partial charge in [0.15, 0.2) is 17.3 Å². The van der Waals surface area contributed by atoms with Crippen molar-refractivity contribution in [3.63, 3.8) is 0 Å². The van der Waals surface area contributed by atoms with Crippen molar-refractivity contribution >= 4 is 5.78 Å². The topological polar surface area (TPSA) is 26.3 Å². The highest BCUT2D eigenvalue weighted by Gasteiger charge is 2.06. The number of hydrogen-bond acceptors (Lipinski definition) is 2. The molecule has 0 aromatic heterocycles. The summed E-state index contributed by atoms with van der Waals surface area (Å²) in [6.45, 7) is 3.33. The molecule has 0 radical (unpaired) electrons. The first-order valence-corrected chi connectivity index (χ1v) is 3.69. The number of hydrogen-bond donors (Lipinski definition) is 0. The largest absolute Gasteiger partial charge is 0.494 e. The number of carbonyl (C=O) groups excluding carboxylic acids is 1. The molecule has 0 aliphatic carbocycles. The second-order valence-electron chi connectivity index (χ2n) is 2.42. The van der Waals surface area contributed by atoms with Crippen LogP contribution in [0.4, 0.5) is 4.39 Å². The maximum atomic E-state index is 12.9. The number of halogens is 1. The monoisotopic (exact) mass is 180 g/mol. The van der Waals surface area contributed by atoms with Crippen molar-refractivity contribution in [3.8, 4) is 5.75 Å². The molecule has 0 bridgehead atoms. The van der Waals surface area contributed by atoms with Gasteiger partial charge >= 0.3 is 0 Å². The summed E-state index contributed by atoms with van der Waals surface area (Å²) in [5, 5.41) is 0. The molecule has 13 heavy (non-hydrogen) atoms. The predicted octanol–water partition coefficient (Wildman–Crippen LogP) is 2.20. The summed E-state index contributed by atoms with van der Waals surface area (Å²) in [4.78, 5) is 11.1. The van der Waals surface area contributed by atoms with E-state index in [4.69, 9.17) is 4.74 Å². The molecule has 0 fully saturated rings. The van der Waals surface area contributed by atoms with E-state index in [1.165, 1.54) is 31.4 Å². The highest BCUT2D eigenvalue weighted by atomic mass is 19.1. The van der Waals surface area contributed by atoms with Gasteiger partial charge in [0.2, 0.25) is 0 Å². The fourth-order valence-corrected chi connectivity index (χ4v) is 0.931. The molecule has 3 heteroatoms. The Hall–Kier alpha value is -1.64. The van der Waals surface area contributed by atoms with Crippen LogP contribution in [-0.2, 0) is 0 Å². The second-order valence-corrected chi connectivity index (χ2v) is 2.42. The lowest BCUT2D eigenvalue weighted by molar-refractivity contribution is 0.104. The van der Waals surface area contributed by atoms with Crippen LogP contribution in [0.25, 0.3) is 0 Å². The molecule has 0 aliphatic heterocycles. The minimum Gasteiger partial charge on any atom is -0.494 e. The van der Waals surface area contributed by atoms with Crippen LogP contribution in [0.3, 0.4) is 0 Å². The van der Waals surface area contributed by atoms with Crippen molar-refractivity contribution in [1.29, 1.82) is 0 Å². The molecular weight excluding hydrogens is 171 g/mol. The maximum absolute atomic E-state index is 12.9. The summed E-state index contributed by atoms with van der Waals surface area (Å²) in [6, 6.07) is 3.93. The Morgan fingerprint density at radius 2 is 2.31 bits per heavy atom. The Labute approximate surface area is 75.6 Å². The second kappa shape index (κ2) is 3.85. The van der Waals surface area contributed by atoms with E-state index in [0.717, 1.165) is 0 Å². The van der Waals surface area contributed by atoms with Crippen LogP contribution in [0.15, 0.2) is 30.9 Å². The van der Waals surface area contributed by atoms with Gasteiger partial charge in [-0.1, -0.05) is 6.58 Å². The van der Waals surface area contributed by atoms with Gasteiger partial charge in [-0.3, -0.25) is 4.79 Å². The standard InChI is InChI=1S/C10H9FO2/c1-3-9(12)7-4-5-8(11)10(6-7)13-2/h3-6H,1H2,2H3. The molecule has 0 heterocycles. The predicted molar refractivity (Wildman–Crippen MR) is 47.5 cm³/mol. The number of ketones is 1. The van der Waals surface area contributed by atoms with Crippen molar-refractivity contribution in [2.24, 2.45) is 0 Å². The van der Waals surface area contributed by atoms with Gasteiger partial charge < -0.3 is 4.74 Å². The fourth-order valence-electron chi connectivity index (χ4n) is 0.931. The molecule has 0 unspecified atom stereocenters. The van der Waals surface area contributed by atoms with E-state index < -0.39 is 5.82 Å². The van der Waals surface area contributed by atoms with E-state index in [-0.39, 0.29) is 11.5 Å². The number of methoxy groups -OCH3 is 1. The molecule has 0 saturated heterocycles. The fraction of sp³-hybridized carbons (Fsp3) is 0.100. The van der Waals surface area contributed by atoms with Crippen LogP contribution in [0, 0.1) is 5.82 Å². The molecule has 0 atom stereocenters. The van der Waals surface area contributed by atoms with Gasteiger partial charge in [0.25, 0.3) is 0 Å². The van der Waals surface area contributed by atoms with Crippen LogP contribution < -0.4 is 4.74 Å². The lowest BCUT2D eigenvalue weighted by atomic mass is 10.1. The Morgan fingerprint density at radius 1 is 1.62 bits per heavy atom. The Kier molecular flexibility index (Phi) is 2.80. The van der Waals surface area contributed by atoms with E-state index >= 15 is 0 Å². The number of allylic oxidation sites excluding steroid dienone is 1. The van der Waals surface area contributed by atoms with Crippen molar-refractivity contribution in [3.05, 3.63) is 42.2 Å². The highest BCUT2D eigenvalue weighted by molar-refractivity contribution is 6.04. The third-order valence-corrected chi connectivity index (χ3v) is 1.62. The molecule has 1 rings (SSSR count). The summed E-state index contributed by atoms with van der Waals surface area (Å²) >= 11 is 0. The summed E-state index contributed by atoms with van der Waals surface area (Å²) in [5.74, 6) is -0.672. The Morgan fingerprint density at radius 3 is 2.85 bits per heavy atom. The van der Waals surface area contributed by atoms with E-state index in [9.17, 15) is 9.18 Å². The normalized spacial score (nSPS) is 9.38. The van der Waals surface area contributed by atoms with E-state index in [0.29, 0.717) is 5.56 Å². The average Bonchev–Trinajstić information content (AvgIpc) is 2.17. The number of carbonyl (C=O) groups is 1. The molecule has 0 amide bonds. The maximum Gasteiger partial charge on any atom is 0.185 e. The zero-order valence-corrected chi connectivity index (χ0v) is 7.21. The summed E-state index contributed by atoms with van der Waals surface area (Å²) in [6.07, 6.45) is 1.17. The molecule has 1 aromatic carbocycles. The van der Waals surface area contributed by atoms with Gasteiger partial charge in [-0.25, -0.2) is 4.39 Å². The summed E-state index contributed by atoms with van der Waals surface area (Å²) in [7, 11) is 1.35. The zero-order chi connectivity index (χ0) is 9.84. The lowest BCUT2D eigenvalue weighted by Crippen LogP contribution is -1.96. The Balaban J connectivity index is 3.13. The molecule has 68 valence electrons.